The molecule has 0 radical (unpaired) electrons. The van der Waals surface area contributed by atoms with Gasteiger partial charge in [0, 0.05) is 52.3 Å². The Morgan fingerprint density at radius 3 is 2.47 bits per heavy atom. The molecule has 3 aromatic rings. The number of rotatable bonds is 9. The van der Waals surface area contributed by atoms with Crippen molar-refractivity contribution in [2.45, 2.75) is 23.5 Å². The van der Waals surface area contributed by atoms with Gasteiger partial charge in [0.2, 0.25) is 5.91 Å². The van der Waals surface area contributed by atoms with E-state index in [2.05, 4.69) is 15.6 Å². The van der Waals surface area contributed by atoms with E-state index in [1.54, 1.807) is 42.2 Å². The quantitative estimate of drug-likeness (QED) is 0.356. The van der Waals surface area contributed by atoms with Gasteiger partial charge in [-0.2, -0.15) is 0 Å². The molecule has 3 rings (SSSR count). The topological polar surface area (TPSA) is 71.1 Å². The lowest BCUT2D eigenvalue weighted by molar-refractivity contribution is -0.116. The molecule has 154 valence electrons. The van der Waals surface area contributed by atoms with Crippen LogP contribution in [0.1, 0.15) is 28.8 Å². The maximum Gasteiger partial charge on any atom is 0.251 e. The molecule has 0 aliphatic heterocycles. The minimum Gasteiger partial charge on any atom is -0.352 e. The second kappa shape index (κ2) is 11.4. The number of amides is 2. The van der Waals surface area contributed by atoms with Gasteiger partial charge in [0.1, 0.15) is 0 Å². The first-order valence-electron chi connectivity index (χ1n) is 9.55. The molecule has 0 atom stereocenters. The Bertz CT molecular complexity index is 964. The number of carbonyl (C=O) groups excluding carboxylic acids is 2. The Labute approximate surface area is 185 Å². The molecule has 0 aliphatic carbocycles. The van der Waals surface area contributed by atoms with Crippen LogP contribution in [-0.2, 0) is 10.5 Å². The van der Waals surface area contributed by atoms with Crippen LogP contribution in [0.3, 0.4) is 0 Å². The molecule has 0 spiro atoms. The zero-order chi connectivity index (χ0) is 21.2. The van der Waals surface area contributed by atoms with E-state index in [-0.39, 0.29) is 11.8 Å². The van der Waals surface area contributed by atoms with Gasteiger partial charge >= 0.3 is 0 Å². The lowest BCUT2D eigenvalue weighted by atomic mass is 10.2. The molecular weight excluding hydrogens is 418 g/mol. The number of aromatic nitrogens is 1. The fourth-order valence-corrected chi connectivity index (χ4v) is 3.62. The number of pyridine rings is 1. The van der Waals surface area contributed by atoms with E-state index in [0.29, 0.717) is 30.0 Å². The summed E-state index contributed by atoms with van der Waals surface area (Å²) in [5, 5.41) is 6.27. The van der Waals surface area contributed by atoms with E-state index in [4.69, 9.17) is 11.6 Å². The first-order valence-corrected chi connectivity index (χ1v) is 10.9. The number of hydrogen-bond donors (Lipinski definition) is 2. The molecule has 1 aromatic heterocycles. The highest BCUT2D eigenvalue weighted by molar-refractivity contribution is 7.98. The fourth-order valence-electron chi connectivity index (χ4n) is 2.66. The van der Waals surface area contributed by atoms with Crippen molar-refractivity contribution in [1.29, 1.82) is 0 Å². The highest BCUT2D eigenvalue weighted by Crippen LogP contribution is 2.24. The first-order chi connectivity index (χ1) is 14.6. The normalized spacial score (nSPS) is 10.4. The highest BCUT2D eigenvalue weighted by atomic mass is 35.5. The molecule has 2 amide bonds. The summed E-state index contributed by atoms with van der Waals surface area (Å²) in [4.78, 5) is 29.4. The van der Waals surface area contributed by atoms with E-state index in [1.807, 2.05) is 42.6 Å². The van der Waals surface area contributed by atoms with Crippen LogP contribution in [0.2, 0.25) is 5.02 Å². The summed E-state index contributed by atoms with van der Waals surface area (Å²) in [6.07, 6.45) is 4.52. The number of nitrogens with one attached hydrogen (secondary N) is 2. The van der Waals surface area contributed by atoms with Gasteiger partial charge in [0.25, 0.3) is 5.91 Å². The predicted molar refractivity (Wildman–Crippen MR) is 122 cm³/mol. The van der Waals surface area contributed by atoms with Crippen LogP contribution >= 0.6 is 23.4 Å². The molecule has 0 aliphatic rings. The van der Waals surface area contributed by atoms with Crippen molar-refractivity contribution >= 4 is 40.9 Å². The number of hydrogen-bond acceptors (Lipinski definition) is 4. The van der Waals surface area contributed by atoms with Gasteiger partial charge in [-0.1, -0.05) is 17.7 Å². The minimum absolute atomic E-state index is 0.0773. The molecule has 0 saturated carbocycles. The molecule has 5 nitrogen and oxygen atoms in total. The van der Waals surface area contributed by atoms with Crippen LogP contribution in [0, 0.1) is 0 Å². The van der Waals surface area contributed by atoms with Crippen molar-refractivity contribution in [1.82, 2.24) is 10.3 Å². The minimum atomic E-state index is -0.175. The number of anilines is 1. The highest BCUT2D eigenvalue weighted by Gasteiger charge is 2.06. The molecule has 2 aromatic carbocycles. The Hall–Kier alpha value is -2.83. The summed E-state index contributed by atoms with van der Waals surface area (Å²) in [7, 11) is 0. The smallest absolute Gasteiger partial charge is 0.251 e. The zero-order valence-corrected chi connectivity index (χ0v) is 17.9. The zero-order valence-electron chi connectivity index (χ0n) is 16.3. The summed E-state index contributed by atoms with van der Waals surface area (Å²) in [6, 6.07) is 18.4. The third-order valence-corrected chi connectivity index (χ3v) is 5.57. The molecule has 0 saturated heterocycles. The van der Waals surface area contributed by atoms with Crippen molar-refractivity contribution in [2.75, 3.05) is 11.9 Å². The second-order valence-electron chi connectivity index (χ2n) is 6.59. The Morgan fingerprint density at radius 2 is 1.77 bits per heavy atom. The summed E-state index contributed by atoms with van der Waals surface area (Å²) in [5.74, 6) is 0.597. The second-order valence-corrected chi connectivity index (χ2v) is 8.07. The third kappa shape index (κ3) is 7.21. The summed E-state index contributed by atoms with van der Waals surface area (Å²) in [6.45, 7) is 0.429. The van der Waals surface area contributed by atoms with Crippen molar-refractivity contribution in [3.63, 3.8) is 0 Å². The van der Waals surface area contributed by atoms with Gasteiger partial charge in [0.15, 0.2) is 0 Å². The van der Waals surface area contributed by atoms with Crippen LogP contribution < -0.4 is 10.6 Å². The number of nitrogens with zero attached hydrogens (tertiary/aromatic N) is 1. The fraction of sp³-hybridized carbons (Fsp3) is 0.174. The summed E-state index contributed by atoms with van der Waals surface area (Å²) in [5.41, 5.74) is 2.48. The Balaban J connectivity index is 1.35. The Kier molecular flexibility index (Phi) is 8.30. The van der Waals surface area contributed by atoms with E-state index in [1.165, 1.54) is 5.56 Å². The SMILES string of the molecule is O=C(CCCNC(=O)c1ccc(Cl)cc1)Nc1ccc(SCc2cccnc2)cc1. The maximum atomic E-state index is 12.1. The lowest BCUT2D eigenvalue weighted by Crippen LogP contribution is -2.25. The number of benzene rings is 2. The largest absolute Gasteiger partial charge is 0.352 e. The van der Waals surface area contributed by atoms with Crippen molar-refractivity contribution < 1.29 is 9.59 Å². The van der Waals surface area contributed by atoms with Gasteiger partial charge in [-0.25, -0.2) is 0 Å². The number of thioether (sulfide) groups is 1. The van der Waals surface area contributed by atoms with Crippen LogP contribution in [0.15, 0.2) is 78.0 Å². The van der Waals surface area contributed by atoms with E-state index in [0.717, 1.165) is 16.3 Å². The standard InChI is InChI=1S/C23H22ClN3O2S/c24-19-7-5-18(6-8-19)23(29)26-14-2-4-22(28)27-20-9-11-21(12-10-20)30-16-17-3-1-13-25-15-17/h1,3,5-13,15H,2,4,14,16H2,(H,26,29)(H,27,28). The molecule has 0 bridgehead atoms. The van der Waals surface area contributed by atoms with E-state index in [9.17, 15) is 9.59 Å². The summed E-state index contributed by atoms with van der Waals surface area (Å²) >= 11 is 7.53. The van der Waals surface area contributed by atoms with Crippen LogP contribution in [-0.4, -0.2) is 23.3 Å². The number of halogens is 1. The first kappa shape index (κ1) is 21.9. The van der Waals surface area contributed by atoms with E-state index < -0.39 is 0 Å². The van der Waals surface area contributed by atoms with Crippen molar-refractivity contribution in [2.24, 2.45) is 0 Å². The van der Waals surface area contributed by atoms with Gasteiger partial charge < -0.3 is 10.6 Å². The molecule has 0 unspecified atom stereocenters. The van der Waals surface area contributed by atoms with Crippen LogP contribution in [0.5, 0.6) is 0 Å². The maximum absolute atomic E-state index is 12.1. The van der Waals surface area contributed by atoms with Crippen LogP contribution in [0.25, 0.3) is 0 Å². The molecule has 1 heterocycles. The lowest BCUT2D eigenvalue weighted by Gasteiger charge is -2.08. The molecular formula is C23H22ClN3O2S. The average molecular weight is 440 g/mol. The van der Waals surface area contributed by atoms with E-state index >= 15 is 0 Å². The molecule has 7 heteroatoms. The van der Waals surface area contributed by atoms with Gasteiger partial charge in [-0.15, -0.1) is 11.8 Å². The third-order valence-electron chi connectivity index (χ3n) is 4.24. The average Bonchev–Trinajstić information content (AvgIpc) is 2.77. The molecule has 2 N–H and O–H groups in total. The Morgan fingerprint density at radius 1 is 1.00 bits per heavy atom. The van der Waals surface area contributed by atoms with Crippen molar-refractivity contribution in [3.05, 3.63) is 89.2 Å². The molecule has 0 fully saturated rings. The number of carbonyl (C=O) groups is 2. The van der Waals surface area contributed by atoms with Crippen LogP contribution in [0.4, 0.5) is 5.69 Å². The van der Waals surface area contributed by atoms with Gasteiger partial charge in [-0.05, 0) is 66.6 Å². The summed E-state index contributed by atoms with van der Waals surface area (Å²) < 4.78 is 0. The monoisotopic (exact) mass is 439 g/mol. The molecule has 30 heavy (non-hydrogen) atoms. The van der Waals surface area contributed by atoms with Gasteiger partial charge in [-0.3, -0.25) is 14.6 Å². The van der Waals surface area contributed by atoms with Crippen molar-refractivity contribution in [3.8, 4) is 0 Å². The predicted octanol–water partition coefficient (Wildman–Crippen LogP) is 5.18. The van der Waals surface area contributed by atoms with Gasteiger partial charge in [0.05, 0.1) is 0 Å².